The van der Waals surface area contributed by atoms with E-state index >= 15 is 0 Å². The van der Waals surface area contributed by atoms with Crippen LogP contribution in [0.4, 0.5) is 0 Å². The highest BCUT2D eigenvalue weighted by Crippen LogP contribution is 2.41. The smallest absolute Gasteiger partial charge is 0.293 e. The number of carbonyl (C=O) groups excluding carboxylic acids is 2. The number of rotatable bonds is 2. The lowest BCUT2D eigenvalue weighted by atomic mass is 9.72. The van der Waals surface area contributed by atoms with Gasteiger partial charge < -0.3 is 19.4 Å². The highest BCUT2D eigenvalue weighted by atomic mass is 16.5. The van der Waals surface area contributed by atoms with Crippen molar-refractivity contribution >= 4 is 22.8 Å². The number of aromatic nitrogens is 2. The molecular weight excluding hydrogens is 348 g/mol. The highest BCUT2D eigenvalue weighted by molar-refractivity contribution is 6.02. The van der Waals surface area contributed by atoms with Crippen molar-refractivity contribution in [3.05, 3.63) is 24.1 Å². The van der Waals surface area contributed by atoms with E-state index in [0.29, 0.717) is 30.5 Å². The molecule has 0 radical (unpaired) electrons. The van der Waals surface area contributed by atoms with E-state index in [-0.39, 0.29) is 48.1 Å². The lowest BCUT2D eigenvalue weighted by Crippen LogP contribution is -2.66. The molecule has 3 aliphatic heterocycles. The standard InChI is InChI=1S/C19H22N4O4/c24-10-15-12-7-11(14-4-1-5-16(25)23(14)15)8-22(9-12)19(26)17-13-3-2-6-20-18(13)21-27-17/h2-3,6,11-12,14-15,24H,1,4-5,7-10H2/t11-,12+,14+,15+/m1/s1. The molecule has 3 aliphatic rings. The number of nitrogens with zero attached hydrogens (tertiary/aromatic N) is 4. The molecule has 2 bridgehead atoms. The van der Waals surface area contributed by atoms with Crippen LogP contribution in [0.1, 0.15) is 36.2 Å². The lowest BCUT2D eigenvalue weighted by molar-refractivity contribution is -0.154. The van der Waals surface area contributed by atoms with Crippen molar-refractivity contribution in [1.29, 1.82) is 0 Å². The Morgan fingerprint density at radius 2 is 2.19 bits per heavy atom. The molecule has 5 heterocycles. The molecule has 3 fully saturated rings. The molecule has 1 N–H and O–H groups in total. The van der Waals surface area contributed by atoms with Crippen molar-refractivity contribution in [3.63, 3.8) is 0 Å². The van der Waals surface area contributed by atoms with Crippen molar-refractivity contribution in [2.75, 3.05) is 19.7 Å². The van der Waals surface area contributed by atoms with Gasteiger partial charge in [0.15, 0.2) is 0 Å². The Hall–Kier alpha value is -2.48. The van der Waals surface area contributed by atoms with Gasteiger partial charge in [-0.3, -0.25) is 9.59 Å². The van der Waals surface area contributed by atoms with Crippen LogP contribution in [0.15, 0.2) is 22.9 Å². The van der Waals surface area contributed by atoms with Crippen molar-refractivity contribution in [3.8, 4) is 0 Å². The maximum Gasteiger partial charge on any atom is 0.293 e. The molecule has 0 unspecified atom stereocenters. The number of pyridine rings is 1. The van der Waals surface area contributed by atoms with Gasteiger partial charge in [-0.05, 0) is 43.2 Å². The summed E-state index contributed by atoms with van der Waals surface area (Å²) >= 11 is 0. The second kappa shape index (κ2) is 6.30. The summed E-state index contributed by atoms with van der Waals surface area (Å²) in [5.41, 5.74) is 0.426. The van der Waals surface area contributed by atoms with Gasteiger partial charge in [-0.25, -0.2) is 4.98 Å². The SMILES string of the molecule is O=C(c1onc2ncccc12)N1C[C@H]2C[C@@H](C1)[C@H](CO)N1C(=O)CCC[C@@H]21. The zero-order valence-corrected chi connectivity index (χ0v) is 15.0. The second-order valence-electron chi connectivity index (χ2n) is 7.86. The average molecular weight is 370 g/mol. The molecule has 2 aromatic heterocycles. The summed E-state index contributed by atoms with van der Waals surface area (Å²) < 4.78 is 5.31. The summed E-state index contributed by atoms with van der Waals surface area (Å²) in [5.74, 6) is 0.505. The molecule has 5 rings (SSSR count). The predicted octanol–water partition coefficient (Wildman–Crippen LogP) is 1.06. The van der Waals surface area contributed by atoms with Crippen LogP contribution in [0, 0.1) is 11.8 Å². The third-order valence-electron chi connectivity index (χ3n) is 6.42. The van der Waals surface area contributed by atoms with Crippen molar-refractivity contribution in [1.82, 2.24) is 19.9 Å². The molecule has 27 heavy (non-hydrogen) atoms. The minimum atomic E-state index is -0.206. The quantitative estimate of drug-likeness (QED) is 0.848. The van der Waals surface area contributed by atoms with E-state index in [1.165, 1.54) is 0 Å². The first-order valence-electron chi connectivity index (χ1n) is 9.59. The van der Waals surface area contributed by atoms with Gasteiger partial charge in [0.1, 0.15) is 0 Å². The molecule has 0 aliphatic carbocycles. The van der Waals surface area contributed by atoms with Crippen molar-refractivity contribution in [2.45, 2.75) is 37.8 Å². The van der Waals surface area contributed by atoms with Gasteiger partial charge in [-0.1, -0.05) is 5.16 Å². The molecule has 8 heteroatoms. The van der Waals surface area contributed by atoms with Gasteiger partial charge in [0.2, 0.25) is 17.3 Å². The van der Waals surface area contributed by atoms with Crippen LogP contribution in [0.2, 0.25) is 0 Å². The number of hydrogen-bond acceptors (Lipinski definition) is 6. The predicted molar refractivity (Wildman–Crippen MR) is 94.7 cm³/mol. The van der Waals surface area contributed by atoms with Crippen LogP contribution in [-0.4, -0.2) is 68.6 Å². The minimum absolute atomic E-state index is 0.0587. The molecule has 4 atom stereocenters. The maximum atomic E-state index is 13.1. The van der Waals surface area contributed by atoms with E-state index < -0.39 is 0 Å². The summed E-state index contributed by atoms with van der Waals surface area (Å²) in [6.45, 7) is 1.06. The zero-order chi connectivity index (χ0) is 18.5. The van der Waals surface area contributed by atoms with E-state index in [4.69, 9.17) is 4.52 Å². The highest BCUT2D eigenvalue weighted by Gasteiger charge is 2.50. The van der Waals surface area contributed by atoms with Gasteiger partial charge >= 0.3 is 0 Å². The van der Waals surface area contributed by atoms with Crippen LogP contribution in [0.25, 0.3) is 11.0 Å². The first-order chi connectivity index (χ1) is 13.2. The molecule has 3 saturated heterocycles. The fraction of sp³-hybridized carbons (Fsp3) is 0.579. The summed E-state index contributed by atoms with van der Waals surface area (Å²) in [6.07, 6.45) is 4.95. The van der Waals surface area contributed by atoms with Gasteiger partial charge in [-0.15, -0.1) is 0 Å². The Kier molecular flexibility index (Phi) is 3.89. The summed E-state index contributed by atoms with van der Waals surface area (Å²) in [4.78, 5) is 33.5. The third-order valence-corrected chi connectivity index (χ3v) is 6.42. The largest absolute Gasteiger partial charge is 0.394 e. The lowest BCUT2D eigenvalue weighted by Gasteiger charge is -2.56. The first-order valence-corrected chi connectivity index (χ1v) is 9.59. The Bertz CT molecular complexity index is 883. The van der Waals surface area contributed by atoms with Crippen LogP contribution in [0.3, 0.4) is 0 Å². The van der Waals surface area contributed by atoms with Gasteiger partial charge in [-0.2, -0.15) is 0 Å². The molecule has 142 valence electrons. The fourth-order valence-corrected chi connectivity index (χ4v) is 5.26. The Labute approximate surface area is 156 Å². The van der Waals surface area contributed by atoms with Crippen LogP contribution < -0.4 is 0 Å². The van der Waals surface area contributed by atoms with E-state index in [0.717, 1.165) is 19.3 Å². The van der Waals surface area contributed by atoms with Crippen LogP contribution in [-0.2, 0) is 4.79 Å². The zero-order valence-electron chi connectivity index (χ0n) is 15.0. The first kappa shape index (κ1) is 16.7. The van der Waals surface area contributed by atoms with Crippen molar-refractivity contribution < 1.29 is 19.2 Å². The summed E-state index contributed by atoms with van der Waals surface area (Å²) in [6, 6.07) is 3.45. The normalized spacial score (nSPS) is 30.5. The number of likely N-dealkylation sites (tertiary alicyclic amines) is 1. The van der Waals surface area contributed by atoms with E-state index in [1.807, 2.05) is 9.80 Å². The van der Waals surface area contributed by atoms with E-state index in [9.17, 15) is 14.7 Å². The Balaban J connectivity index is 1.45. The number of piperidine rings is 3. The summed E-state index contributed by atoms with van der Waals surface area (Å²) in [5, 5.41) is 14.5. The number of amides is 2. The summed E-state index contributed by atoms with van der Waals surface area (Å²) in [7, 11) is 0. The maximum absolute atomic E-state index is 13.1. The monoisotopic (exact) mass is 370 g/mol. The van der Waals surface area contributed by atoms with Gasteiger partial charge in [0.25, 0.3) is 5.91 Å². The molecule has 2 aromatic rings. The van der Waals surface area contributed by atoms with E-state index in [1.54, 1.807) is 18.3 Å². The molecule has 0 saturated carbocycles. The van der Waals surface area contributed by atoms with E-state index in [2.05, 4.69) is 10.1 Å². The number of carbonyl (C=O) groups is 2. The minimum Gasteiger partial charge on any atom is -0.394 e. The topological polar surface area (TPSA) is 99.8 Å². The molecule has 0 spiro atoms. The molecule has 8 nitrogen and oxygen atoms in total. The molecule has 2 amide bonds. The van der Waals surface area contributed by atoms with Crippen LogP contribution in [0.5, 0.6) is 0 Å². The number of hydrogen-bond donors (Lipinski definition) is 1. The fourth-order valence-electron chi connectivity index (χ4n) is 5.26. The molecule has 0 aromatic carbocycles. The number of aliphatic hydroxyl groups excluding tert-OH is 1. The second-order valence-corrected chi connectivity index (χ2v) is 7.86. The molecular formula is C19H22N4O4. The van der Waals surface area contributed by atoms with Crippen molar-refractivity contribution in [2.24, 2.45) is 11.8 Å². The van der Waals surface area contributed by atoms with Gasteiger partial charge in [0, 0.05) is 31.7 Å². The average Bonchev–Trinajstić information content (AvgIpc) is 3.12. The third kappa shape index (κ3) is 2.54. The van der Waals surface area contributed by atoms with Crippen LogP contribution >= 0.6 is 0 Å². The Morgan fingerprint density at radius 3 is 3.04 bits per heavy atom. The number of aliphatic hydroxyl groups is 1. The van der Waals surface area contributed by atoms with Gasteiger partial charge in [0.05, 0.1) is 18.0 Å². The Morgan fingerprint density at radius 1 is 1.33 bits per heavy atom. The number of fused-ring (bicyclic) bond motifs is 5.